The van der Waals surface area contributed by atoms with Crippen LogP contribution >= 0.6 is 0 Å². The fourth-order valence-electron chi connectivity index (χ4n) is 4.06. The third-order valence-electron chi connectivity index (χ3n) is 5.76. The summed E-state index contributed by atoms with van der Waals surface area (Å²) in [5.74, 6) is 0.160. The van der Waals surface area contributed by atoms with Crippen LogP contribution in [0.2, 0.25) is 0 Å². The molecule has 5 nitrogen and oxygen atoms in total. The van der Waals surface area contributed by atoms with Crippen LogP contribution in [-0.4, -0.2) is 35.6 Å². The molecule has 4 rings (SSSR count). The number of amides is 1. The number of nitrogens with zero attached hydrogens (tertiary/aromatic N) is 1. The Balaban J connectivity index is 1.49. The predicted octanol–water partition coefficient (Wildman–Crippen LogP) is 4.59. The highest BCUT2D eigenvalue weighted by molar-refractivity contribution is 5.89. The van der Waals surface area contributed by atoms with E-state index in [2.05, 4.69) is 65.6 Å². The maximum Gasteiger partial charge on any atom is 0.224 e. The summed E-state index contributed by atoms with van der Waals surface area (Å²) in [5.41, 5.74) is 5.31. The molecule has 0 saturated heterocycles. The van der Waals surface area contributed by atoms with Gasteiger partial charge in [0.15, 0.2) is 0 Å². The zero-order valence-electron chi connectivity index (χ0n) is 18.5. The van der Waals surface area contributed by atoms with Crippen LogP contribution in [0.15, 0.2) is 79.0 Å². The number of nitrogens with one attached hydrogen (secondary N) is 2. The van der Waals surface area contributed by atoms with Gasteiger partial charge in [-0.05, 0) is 54.8 Å². The molecule has 0 saturated carbocycles. The van der Waals surface area contributed by atoms with Crippen molar-refractivity contribution in [3.63, 3.8) is 0 Å². The Kier molecular flexibility index (Phi) is 6.45. The highest BCUT2D eigenvalue weighted by atomic mass is 16.3. The van der Waals surface area contributed by atoms with Crippen LogP contribution in [0, 0.1) is 6.92 Å². The Labute approximate surface area is 188 Å². The standard InChI is InChI=1S/C27H29N3O2/c1-19-8-10-23(11-9-19)30(2)18-22(14-20-6-4-3-5-7-20)29-27(32)15-21-17-28-26-13-12-24(31)16-25(21)26/h3-13,16-17,22,28,31H,14-15,18H2,1-2H3,(H,29,32)/t22-/m0/s1. The monoisotopic (exact) mass is 427 g/mol. The van der Waals surface area contributed by atoms with Gasteiger partial charge in [0.25, 0.3) is 0 Å². The zero-order chi connectivity index (χ0) is 22.5. The van der Waals surface area contributed by atoms with E-state index in [0.717, 1.165) is 28.6 Å². The first-order valence-corrected chi connectivity index (χ1v) is 10.9. The molecular formula is C27H29N3O2. The van der Waals surface area contributed by atoms with E-state index in [-0.39, 0.29) is 24.1 Å². The van der Waals surface area contributed by atoms with Crippen molar-refractivity contribution < 1.29 is 9.90 Å². The summed E-state index contributed by atoms with van der Waals surface area (Å²) < 4.78 is 0. The first kappa shape index (κ1) is 21.5. The second-order valence-electron chi connectivity index (χ2n) is 8.39. The number of carbonyl (C=O) groups is 1. The Morgan fingerprint density at radius 2 is 1.81 bits per heavy atom. The van der Waals surface area contributed by atoms with Gasteiger partial charge in [0, 0.05) is 36.4 Å². The highest BCUT2D eigenvalue weighted by Crippen LogP contribution is 2.23. The molecule has 4 aromatic rings. The number of aromatic nitrogens is 1. The maximum absolute atomic E-state index is 13.0. The minimum atomic E-state index is -0.0465. The first-order valence-electron chi connectivity index (χ1n) is 10.9. The van der Waals surface area contributed by atoms with Crippen molar-refractivity contribution >= 4 is 22.5 Å². The molecule has 0 aliphatic heterocycles. The Morgan fingerprint density at radius 1 is 1.06 bits per heavy atom. The summed E-state index contributed by atoms with van der Waals surface area (Å²) in [6.45, 7) is 2.77. The third kappa shape index (κ3) is 5.30. The van der Waals surface area contributed by atoms with Crippen molar-refractivity contribution in [2.75, 3.05) is 18.5 Å². The van der Waals surface area contributed by atoms with Gasteiger partial charge in [0.1, 0.15) is 5.75 Å². The number of phenolic OH excluding ortho intramolecular Hbond substituents is 1. The molecule has 1 aromatic heterocycles. The molecule has 0 aliphatic rings. The van der Waals surface area contributed by atoms with Gasteiger partial charge in [0.2, 0.25) is 5.91 Å². The normalized spacial score (nSPS) is 11.9. The van der Waals surface area contributed by atoms with Gasteiger partial charge in [-0.2, -0.15) is 0 Å². The van der Waals surface area contributed by atoms with E-state index in [9.17, 15) is 9.90 Å². The lowest BCUT2D eigenvalue weighted by Crippen LogP contribution is -2.44. The number of carbonyl (C=O) groups excluding carboxylic acids is 1. The second-order valence-corrected chi connectivity index (χ2v) is 8.39. The molecule has 0 radical (unpaired) electrons. The number of aromatic hydroxyl groups is 1. The molecule has 1 heterocycles. The largest absolute Gasteiger partial charge is 0.508 e. The number of aromatic amines is 1. The Morgan fingerprint density at radius 3 is 2.56 bits per heavy atom. The molecule has 0 spiro atoms. The molecule has 0 bridgehead atoms. The van der Waals surface area contributed by atoms with Gasteiger partial charge in [-0.15, -0.1) is 0 Å². The molecule has 0 aliphatic carbocycles. The van der Waals surface area contributed by atoms with Gasteiger partial charge in [0.05, 0.1) is 12.5 Å². The second kappa shape index (κ2) is 9.60. The molecule has 1 atom stereocenters. The van der Waals surface area contributed by atoms with E-state index < -0.39 is 0 Å². The molecule has 3 aromatic carbocycles. The average molecular weight is 428 g/mol. The Hall–Kier alpha value is -3.73. The summed E-state index contributed by atoms with van der Waals surface area (Å²) in [4.78, 5) is 18.3. The lowest BCUT2D eigenvalue weighted by atomic mass is 10.0. The van der Waals surface area contributed by atoms with E-state index in [0.29, 0.717) is 6.54 Å². The molecule has 5 heteroatoms. The number of anilines is 1. The van der Waals surface area contributed by atoms with Crippen molar-refractivity contribution in [2.24, 2.45) is 0 Å². The molecule has 1 amide bonds. The number of hydrogen-bond acceptors (Lipinski definition) is 3. The van der Waals surface area contributed by atoms with Crippen LogP contribution in [0.3, 0.4) is 0 Å². The summed E-state index contributed by atoms with van der Waals surface area (Å²) in [5, 5.41) is 13.9. The van der Waals surface area contributed by atoms with Crippen LogP contribution in [0.5, 0.6) is 5.75 Å². The Bertz CT molecular complexity index is 1180. The molecule has 32 heavy (non-hydrogen) atoms. The van der Waals surface area contributed by atoms with Crippen LogP contribution in [0.25, 0.3) is 10.9 Å². The number of fused-ring (bicyclic) bond motifs is 1. The average Bonchev–Trinajstić information content (AvgIpc) is 3.16. The lowest BCUT2D eigenvalue weighted by Gasteiger charge is -2.27. The lowest BCUT2D eigenvalue weighted by molar-refractivity contribution is -0.121. The first-order chi connectivity index (χ1) is 15.5. The topological polar surface area (TPSA) is 68.4 Å². The van der Waals surface area contributed by atoms with Crippen LogP contribution in [0.4, 0.5) is 5.69 Å². The number of aryl methyl sites for hydroxylation is 1. The molecular weight excluding hydrogens is 398 g/mol. The molecule has 164 valence electrons. The fraction of sp³-hybridized carbons (Fsp3) is 0.222. The van der Waals surface area contributed by atoms with Gasteiger partial charge in [-0.25, -0.2) is 0 Å². The van der Waals surface area contributed by atoms with Crippen molar-refractivity contribution in [1.29, 1.82) is 0 Å². The minimum Gasteiger partial charge on any atom is -0.508 e. The number of rotatable bonds is 8. The number of likely N-dealkylation sites (N-methyl/N-ethyl adjacent to an activating group) is 1. The summed E-state index contributed by atoms with van der Waals surface area (Å²) in [7, 11) is 2.05. The van der Waals surface area contributed by atoms with Crippen molar-refractivity contribution in [3.05, 3.63) is 95.7 Å². The van der Waals surface area contributed by atoms with Crippen molar-refractivity contribution in [2.45, 2.75) is 25.8 Å². The zero-order valence-corrected chi connectivity index (χ0v) is 18.5. The minimum absolute atomic E-state index is 0.0347. The quantitative estimate of drug-likeness (QED) is 0.385. The van der Waals surface area contributed by atoms with E-state index in [1.165, 1.54) is 11.1 Å². The summed E-state index contributed by atoms with van der Waals surface area (Å²) in [6.07, 6.45) is 2.84. The van der Waals surface area contributed by atoms with Crippen molar-refractivity contribution in [3.8, 4) is 5.75 Å². The van der Waals surface area contributed by atoms with Crippen LogP contribution in [-0.2, 0) is 17.6 Å². The predicted molar refractivity (Wildman–Crippen MR) is 130 cm³/mol. The van der Waals surface area contributed by atoms with Crippen LogP contribution in [0.1, 0.15) is 16.7 Å². The SMILES string of the molecule is Cc1ccc(N(C)C[C@H](Cc2ccccc2)NC(=O)Cc2c[nH]c3ccc(O)cc23)cc1. The smallest absolute Gasteiger partial charge is 0.224 e. The van der Waals surface area contributed by atoms with E-state index in [4.69, 9.17) is 0 Å². The number of H-pyrrole nitrogens is 1. The van der Waals surface area contributed by atoms with E-state index in [1.807, 2.05) is 30.5 Å². The van der Waals surface area contributed by atoms with E-state index in [1.54, 1.807) is 12.1 Å². The molecule has 3 N–H and O–H groups in total. The van der Waals surface area contributed by atoms with E-state index >= 15 is 0 Å². The molecule has 0 fully saturated rings. The van der Waals surface area contributed by atoms with Gasteiger partial charge >= 0.3 is 0 Å². The van der Waals surface area contributed by atoms with Crippen LogP contribution < -0.4 is 10.2 Å². The summed E-state index contributed by atoms with van der Waals surface area (Å²) >= 11 is 0. The summed E-state index contributed by atoms with van der Waals surface area (Å²) in [6, 6.07) is 23.8. The number of hydrogen-bond donors (Lipinski definition) is 3. The van der Waals surface area contributed by atoms with Crippen molar-refractivity contribution in [1.82, 2.24) is 10.3 Å². The highest BCUT2D eigenvalue weighted by Gasteiger charge is 2.17. The number of benzene rings is 3. The van der Waals surface area contributed by atoms with Gasteiger partial charge in [-0.3, -0.25) is 4.79 Å². The van der Waals surface area contributed by atoms with Gasteiger partial charge in [-0.1, -0.05) is 48.0 Å². The fourth-order valence-corrected chi connectivity index (χ4v) is 4.06. The molecule has 0 unspecified atom stereocenters. The maximum atomic E-state index is 13.0. The number of phenols is 1. The van der Waals surface area contributed by atoms with Gasteiger partial charge < -0.3 is 20.3 Å². The third-order valence-corrected chi connectivity index (χ3v) is 5.76.